The van der Waals surface area contributed by atoms with Crippen molar-refractivity contribution in [3.05, 3.63) is 85.1 Å². The Morgan fingerprint density at radius 3 is 0.840 bits per heavy atom. The highest BCUT2D eigenvalue weighted by molar-refractivity contribution is 5.72. The molecular formula is C75H132O6. The van der Waals surface area contributed by atoms with E-state index in [4.69, 9.17) is 14.2 Å². The van der Waals surface area contributed by atoms with Crippen molar-refractivity contribution in [3.63, 3.8) is 0 Å². The summed E-state index contributed by atoms with van der Waals surface area (Å²) in [5.41, 5.74) is 0. The standard InChI is InChI=1S/C75H132O6/c1-4-7-10-13-16-19-22-25-28-29-30-31-32-33-34-35-36-37-38-39-40-41-42-43-44-45-48-50-53-56-59-62-65-68-74(77)80-71-72(81-75(78)69-66-63-60-57-54-51-47-27-24-21-18-15-12-9-6-3)70-79-73(76)67-64-61-58-55-52-49-46-26-23-20-17-14-11-8-5-2/h9,12,17-18,20-21,26-27,46-47,54,57,63,66,72H,4-8,10-11,13-16,19,22-25,28-45,48-53,55-56,58-62,64-65,67-71H2,1-3H3/b12-9-,20-17-,21-18-,46-26-,47-27-,57-54-,66-63-. The number of ether oxygens (including phenoxy) is 3. The van der Waals surface area contributed by atoms with Gasteiger partial charge >= 0.3 is 17.9 Å². The highest BCUT2D eigenvalue weighted by Crippen LogP contribution is 2.18. The zero-order valence-electron chi connectivity index (χ0n) is 53.8. The van der Waals surface area contributed by atoms with Crippen molar-refractivity contribution in [1.82, 2.24) is 0 Å². The fourth-order valence-electron chi connectivity index (χ4n) is 10.2. The van der Waals surface area contributed by atoms with Gasteiger partial charge in [-0.15, -0.1) is 0 Å². The third-order valence-corrected chi connectivity index (χ3v) is 15.4. The molecule has 6 heteroatoms. The van der Waals surface area contributed by atoms with Crippen LogP contribution in [0, 0.1) is 0 Å². The van der Waals surface area contributed by atoms with Crippen molar-refractivity contribution in [3.8, 4) is 0 Å². The van der Waals surface area contributed by atoms with E-state index in [1.165, 1.54) is 218 Å². The molecule has 0 aliphatic heterocycles. The molecule has 0 aromatic carbocycles. The molecule has 0 saturated heterocycles. The van der Waals surface area contributed by atoms with E-state index in [2.05, 4.69) is 93.7 Å². The summed E-state index contributed by atoms with van der Waals surface area (Å²) >= 11 is 0. The summed E-state index contributed by atoms with van der Waals surface area (Å²) in [6.07, 6.45) is 92.4. The zero-order chi connectivity index (χ0) is 58.5. The average molecular weight is 1130 g/mol. The van der Waals surface area contributed by atoms with Crippen molar-refractivity contribution >= 4 is 17.9 Å². The number of carbonyl (C=O) groups excluding carboxylic acids is 3. The molecule has 0 aromatic heterocycles. The summed E-state index contributed by atoms with van der Waals surface area (Å²) in [5, 5.41) is 0. The van der Waals surface area contributed by atoms with Gasteiger partial charge < -0.3 is 14.2 Å². The average Bonchev–Trinajstić information content (AvgIpc) is 3.47. The first-order chi connectivity index (χ1) is 40.0. The second-order valence-electron chi connectivity index (χ2n) is 23.4. The number of rotatable bonds is 64. The number of hydrogen-bond donors (Lipinski definition) is 0. The van der Waals surface area contributed by atoms with Crippen LogP contribution < -0.4 is 0 Å². The molecule has 1 atom stereocenters. The van der Waals surface area contributed by atoms with Gasteiger partial charge in [0.25, 0.3) is 0 Å². The highest BCUT2D eigenvalue weighted by Gasteiger charge is 2.19. The molecule has 0 N–H and O–H groups in total. The summed E-state index contributed by atoms with van der Waals surface area (Å²) in [6, 6.07) is 0. The Kier molecular flexibility index (Phi) is 66.2. The fourth-order valence-corrected chi connectivity index (χ4v) is 10.2. The number of carbonyl (C=O) groups is 3. The second-order valence-corrected chi connectivity index (χ2v) is 23.4. The topological polar surface area (TPSA) is 78.9 Å². The molecule has 0 spiro atoms. The van der Waals surface area contributed by atoms with E-state index < -0.39 is 12.1 Å². The van der Waals surface area contributed by atoms with E-state index in [0.717, 1.165) is 96.3 Å². The van der Waals surface area contributed by atoms with Crippen molar-refractivity contribution in [2.24, 2.45) is 0 Å². The van der Waals surface area contributed by atoms with Crippen LogP contribution in [0.15, 0.2) is 85.1 Å². The van der Waals surface area contributed by atoms with Crippen molar-refractivity contribution < 1.29 is 28.6 Å². The van der Waals surface area contributed by atoms with E-state index in [1.807, 2.05) is 6.08 Å². The van der Waals surface area contributed by atoms with Crippen LogP contribution in [0.4, 0.5) is 0 Å². The lowest BCUT2D eigenvalue weighted by molar-refractivity contribution is -0.166. The van der Waals surface area contributed by atoms with E-state index in [1.54, 1.807) is 6.08 Å². The zero-order valence-corrected chi connectivity index (χ0v) is 53.8. The molecule has 0 bridgehead atoms. The van der Waals surface area contributed by atoms with Gasteiger partial charge in [-0.25, -0.2) is 0 Å². The summed E-state index contributed by atoms with van der Waals surface area (Å²) in [4.78, 5) is 38.2. The molecule has 0 rings (SSSR count). The Balaban J connectivity index is 4.18. The number of allylic oxidation sites excluding steroid dienone is 13. The molecule has 0 saturated carbocycles. The van der Waals surface area contributed by atoms with Gasteiger partial charge in [-0.1, -0.05) is 343 Å². The van der Waals surface area contributed by atoms with E-state index >= 15 is 0 Å². The van der Waals surface area contributed by atoms with Crippen molar-refractivity contribution in [1.29, 1.82) is 0 Å². The molecule has 81 heavy (non-hydrogen) atoms. The molecule has 0 aromatic rings. The molecule has 0 radical (unpaired) electrons. The van der Waals surface area contributed by atoms with Gasteiger partial charge in [0.1, 0.15) is 13.2 Å². The summed E-state index contributed by atoms with van der Waals surface area (Å²) in [5.74, 6) is -1.05. The molecule has 1 unspecified atom stereocenters. The Bertz CT molecular complexity index is 1530. The van der Waals surface area contributed by atoms with E-state index in [-0.39, 0.29) is 31.6 Å². The minimum absolute atomic E-state index is 0.0948. The van der Waals surface area contributed by atoms with Gasteiger partial charge in [0.2, 0.25) is 0 Å². The predicted octanol–water partition coefficient (Wildman–Crippen LogP) is 24.2. The maximum atomic E-state index is 12.8. The third-order valence-electron chi connectivity index (χ3n) is 15.4. The molecule has 0 aliphatic carbocycles. The van der Waals surface area contributed by atoms with Crippen LogP contribution in [-0.2, 0) is 28.6 Å². The summed E-state index contributed by atoms with van der Waals surface area (Å²) in [6.45, 7) is 6.45. The van der Waals surface area contributed by atoms with Crippen LogP contribution in [0.1, 0.15) is 355 Å². The number of unbranched alkanes of at least 4 members (excludes halogenated alkanes) is 40. The minimum Gasteiger partial charge on any atom is -0.462 e. The Labute approximate surface area is 503 Å². The van der Waals surface area contributed by atoms with E-state index in [0.29, 0.717) is 12.8 Å². The van der Waals surface area contributed by atoms with Gasteiger partial charge in [0, 0.05) is 12.8 Å². The first kappa shape index (κ1) is 77.6. The lowest BCUT2D eigenvalue weighted by Crippen LogP contribution is -2.30. The van der Waals surface area contributed by atoms with Crippen LogP contribution in [0.5, 0.6) is 0 Å². The largest absolute Gasteiger partial charge is 0.462 e. The van der Waals surface area contributed by atoms with Gasteiger partial charge in [0.05, 0.1) is 6.42 Å². The lowest BCUT2D eigenvalue weighted by atomic mass is 10.0. The molecule has 0 fully saturated rings. The van der Waals surface area contributed by atoms with Crippen molar-refractivity contribution in [2.75, 3.05) is 13.2 Å². The van der Waals surface area contributed by atoms with Gasteiger partial charge in [-0.3, -0.25) is 14.4 Å². The highest BCUT2D eigenvalue weighted by atomic mass is 16.6. The first-order valence-corrected chi connectivity index (χ1v) is 35.1. The quantitative estimate of drug-likeness (QED) is 0.0261. The van der Waals surface area contributed by atoms with Gasteiger partial charge in [-0.2, -0.15) is 0 Å². The number of hydrogen-bond acceptors (Lipinski definition) is 6. The lowest BCUT2D eigenvalue weighted by Gasteiger charge is -2.18. The molecule has 468 valence electrons. The Hall–Kier alpha value is -3.41. The maximum Gasteiger partial charge on any atom is 0.310 e. The minimum atomic E-state index is -0.837. The molecule has 6 nitrogen and oxygen atoms in total. The smallest absolute Gasteiger partial charge is 0.310 e. The molecule has 0 amide bonds. The van der Waals surface area contributed by atoms with Gasteiger partial charge in [0.15, 0.2) is 6.10 Å². The van der Waals surface area contributed by atoms with Crippen LogP contribution >= 0.6 is 0 Å². The second kappa shape index (κ2) is 69.1. The predicted molar refractivity (Wildman–Crippen MR) is 353 cm³/mol. The van der Waals surface area contributed by atoms with Crippen molar-refractivity contribution in [2.45, 2.75) is 361 Å². The van der Waals surface area contributed by atoms with Crippen LogP contribution in [0.3, 0.4) is 0 Å². The SMILES string of the molecule is CC/C=C\C/C=C\C/C=C\C/C=C\C/C=C\CC(=O)OC(COC(=O)CCCCCCC/C=C\C/C=C\CCCCC)COC(=O)CCCCCCCCCCCCCCCCCCCCCCCCCCCCCCCCCCC. The Morgan fingerprint density at radius 1 is 0.272 bits per heavy atom. The maximum absolute atomic E-state index is 12.8. The molecule has 0 heterocycles. The van der Waals surface area contributed by atoms with Crippen LogP contribution in [-0.4, -0.2) is 37.2 Å². The normalized spacial score (nSPS) is 12.6. The monoisotopic (exact) mass is 1130 g/mol. The van der Waals surface area contributed by atoms with Crippen LogP contribution in [0.25, 0.3) is 0 Å². The van der Waals surface area contributed by atoms with E-state index in [9.17, 15) is 14.4 Å². The molecular weight excluding hydrogens is 997 g/mol. The first-order valence-electron chi connectivity index (χ1n) is 35.1. The molecule has 0 aliphatic rings. The Morgan fingerprint density at radius 2 is 0.519 bits per heavy atom. The van der Waals surface area contributed by atoms with Gasteiger partial charge in [-0.05, 0) is 77.0 Å². The number of esters is 3. The summed E-state index contributed by atoms with van der Waals surface area (Å²) < 4.78 is 16.8. The third kappa shape index (κ3) is 67.3. The fraction of sp³-hybridized carbons (Fsp3) is 0.773. The summed E-state index contributed by atoms with van der Waals surface area (Å²) in [7, 11) is 0. The van der Waals surface area contributed by atoms with Crippen LogP contribution in [0.2, 0.25) is 0 Å².